The van der Waals surface area contributed by atoms with E-state index in [9.17, 15) is 40.7 Å². The lowest BCUT2D eigenvalue weighted by Crippen LogP contribution is -2.49. The summed E-state index contributed by atoms with van der Waals surface area (Å²) in [4.78, 5) is 39.8. The number of likely N-dealkylation sites (N-methyl/N-ethyl adjacent to an activating group) is 1. The van der Waals surface area contributed by atoms with Gasteiger partial charge in [-0.1, -0.05) is 0 Å². The zero-order valence-corrected chi connectivity index (χ0v) is 18.5. The Morgan fingerprint density at radius 2 is 1.62 bits per heavy atom. The van der Waals surface area contributed by atoms with Crippen molar-refractivity contribution in [2.45, 2.75) is 25.3 Å². The third kappa shape index (κ3) is 6.59. The van der Waals surface area contributed by atoms with Crippen LogP contribution >= 0.6 is 0 Å². The van der Waals surface area contributed by atoms with Crippen molar-refractivity contribution in [1.29, 1.82) is 0 Å². The van der Waals surface area contributed by atoms with Gasteiger partial charge in [0, 0.05) is 39.0 Å². The van der Waals surface area contributed by atoms with Crippen molar-refractivity contribution >= 4 is 29.2 Å². The molecule has 0 aliphatic carbocycles. The van der Waals surface area contributed by atoms with Crippen molar-refractivity contribution in [2.75, 3.05) is 56.7 Å². The monoisotopic (exact) mass is 499 g/mol. The van der Waals surface area contributed by atoms with Gasteiger partial charge in [0.05, 0.1) is 23.9 Å². The molecule has 0 spiro atoms. The molecule has 8 nitrogen and oxygen atoms in total. The molecule has 1 amide bonds. The normalized spacial score (nSPS) is 16.2. The SMILES string of the molecule is COC[C@H](C)N(C(=O)C(F)(F)F)c1cc(N2CCN(C)CC2)ccc1C(=O)OC(=O)C(F)(F)F. The Morgan fingerprint density at radius 3 is 2.12 bits per heavy atom. The van der Waals surface area contributed by atoms with Crippen LogP contribution in [0.4, 0.5) is 37.7 Å². The molecule has 190 valence electrons. The van der Waals surface area contributed by atoms with Crippen LogP contribution in [0.1, 0.15) is 17.3 Å². The highest BCUT2D eigenvalue weighted by atomic mass is 19.4. The summed E-state index contributed by atoms with van der Waals surface area (Å²) in [5.41, 5.74) is -1.16. The summed E-state index contributed by atoms with van der Waals surface area (Å²) < 4.78 is 86.6. The van der Waals surface area contributed by atoms with Gasteiger partial charge in [-0.2, -0.15) is 26.3 Å². The molecule has 0 N–H and O–H groups in total. The van der Waals surface area contributed by atoms with E-state index in [1.165, 1.54) is 20.1 Å². The molecule has 0 bridgehead atoms. The molecular weight excluding hydrogens is 476 g/mol. The Kier molecular flexibility index (Phi) is 8.53. The molecule has 2 rings (SSSR count). The number of halogens is 6. The first-order chi connectivity index (χ1) is 15.7. The highest BCUT2D eigenvalue weighted by molar-refractivity contribution is 6.07. The van der Waals surface area contributed by atoms with Gasteiger partial charge in [-0.3, -0.25) is 9.69 Å². The van der Waals surface area contributed by atoms with Crippen molar-refractivity contribution in [3.05, 3.63) is 23.8 Å². The molecule has 1 aromatic carbocycles. The van der Waals surface area contributed by atoms with Crippen LogP contribution in [-0.4, -0.2) is 88.1 Å². The largest absolute Gasteiger partial charge is 0.491 e. The highest BCUT2D eigenvalue weighted by Crippen LogP contribution is 2.33. The first-order valence-corrected chi connectivity index (χ1v) is 9.97. The molecule has 0 unspecified atom stereocenters. The number of methoxy groups -OCH3 is 1. The number of esters is 2. The first-order valence-electron chi connectivity index (χ1n) is 9.97. The van der Waals surface area contributed by atoms with E-state index in [2.05, 4.69) is 4.74 Å². The summed E-state index contributed by atoms with van der Waals surface area (Å²) in [5.74, 6) is -7.07. The molecule has 14 heteroatoms. The van der Waals surface area contributed by atoms with Crippen molar-refractivity contribution in [1.82, 2.24) is 4.90 Å². The summed E-state index contributed by atoms with van der Waals surface area (Å²) in [6.45, 7) is 2.97. The fraction of sp³-hybridized carbons (Fsp3) is 0.550. The van der Waals surface area contributed by atoms with E-state index in [1.807, 2.05) is 11.9 Å². The predicted octanol–water partition coefficient (Wildman–Crippen LogP) is 2.61. The van der Waals surface area contributed by atoms with Gasteiger partial charge in [-0.05, 0) is 32.2 Å². The molecule has 1 saturated heterocycles. The van der Waals surface area contributed by atoms with Gasteiger partial charge in [0.2, 0.25) is 0 Å². The Hall–Kier alpha value is -2.87. The standard InChI is InChI=1S/C20H23F6N3O5/c1-12(11-33-3)29(17(31)19(21,22)23)15-10-13(28-8-6-27(2)7-9-28)4-5-14(15)16(30)34-18(32)20(24,25)26/h4-5,10,12H,6-9,11H2,1-3H3/t12-/m0/s1. The van der Waals surface area contributed by atoms with E-state index < -0.39 is 54.1 Å². The zero-order chi connectivity index (χ0) is 25.8. The van der Waals surface area contributed by atoms with Gasteiger partial charge in [0.25, 0.3) is 0 Å². The second-order valence-corrected chi connectivity index (χ2v) is 7.64. The highest BCUT2D eigenvalue weighted by Gasteiger charge is 2.47. The summed E-state index contributed by atoms with van der Waals surface area (Å²) >= 11 is 0. The number of anilines is 2. The van der Waals surface area contributed by atoms with Gasteiger partial charge >= 0.3 is 30.2 Å². The number of benzene rings is 1. The van der Waals surface area contributed by atoms with Crippen molar-refractivity contribution in [2.24, 2.45) is 0 Å². The second-order valence-electron chi connectivity index (χ2n) is 7.64. The number of hydrogen-bond donors (Lipinski definition) is 0. The topological polar surface area (TPSA) is 79.4 Å². The second kappa shape index (κ2) is 10.6. The van der Waals surface area contributed by atoms with Gasteiger partial charge in [-0.15, -0.1) is 0 Å². The molecule has 1 aliphatic heterocycles. The minimum atomic E-state index is -5.51. The number of carbonyl (C=O) groups excluding carboxylic acids is 3. The lowest BCUT2D eigenvalue weighted by Gasteiger charge is -2.36. The van der Waals surface area contributed by atoms with Crippen LogP contribution in [0.5, 0.6) is 0 Å². The van der Waals surface area contributed by atoms with E-state index in [1.54, 1.807) is 4.90 Å². The number of amides is 1. The predicted molar refractivity (Wildman–Crippen MR) is 108 cm³/mol. The molecule has 0 radical (unpaired) electrons. The van der Waals surface area contributed by atoms with Crippen LogP contribution in [0.15, 0.2) is 18.2 Å². The smallest absolute Gasteiger partial charge is 0.383 e. The van der Waals surface area contributed by atoms with Gasteiger partial charge in [0.1, 0.15) is 0 Å². The van der Waals surface area contributed by atoms with E-state index in [4.69, 9.17) is 4.74 Å². The summed E-state index contributed by atoms with van der Waals surface area (Å²) in [5, 5.41) is 0. The van der Waals surface area contributed by atoms with Crippen molar-refractivity contribution in [3.63, 3.8) is 0 Å². The fourth-order valence-corrected chi connectivity index (χ4v) is 3.35. The third-order valence-corrected chi connectivity index (χ3v) is 5.06. The average Bonchev–Trinajstić information content (AvgIpc) is 2.73. The molecule has 1 aliphatic rings. The van der Waals surface area contributed by atoms with Gasteiger partial charge in [-0.25, -0.2) is 9.59 Å². The number of hydrogen-bond acceptors (Lipinski definition) is 7. The summed E-state index contributed by atoms with van der Waals surface area (Å²) in [6, 6.07) is 2.01. The number of alkyl halides is 6. The van der Waals surface area contributed by atoms with Crippen LogP contribution < -0.4 is 9.80 Å². The van der Waals surface area contributed by atoms with Crippen molar-refractivity contribution in [3.8, 4) is 0 Å². The van der Waals surface area contributed by atoms with E-state index >= 15 is 0 Å². The lowest BCUT2D eigenvalue weighted by molar-refractivity contribution is -0.193. The molecule has 1 heterocycles. The first kappa shape index (κ1) is 27.4. The molecular formula is C20H23F6N3O5. The maximum atomic E-state index is 13.4. The van der Waals surface area contributed by atoms with Crippen molar-refractivity contribution < 1.29 is 50.2 Å². The van der Waals surface area contributed by atoms with Gasteiger partial charge < -0.3 is 19.3 Å². The van der Waals surface area contributed by atoms with Crippen LogP contribution in [-0.2, 0) is 19.1 Å². The van der Waals surface area contributed by atoms with E-state index in [0.717, 1.165) is 12.1 Å². The Morgan fingerprint density at radius 1 is 1.03 bits per heavy atom. The van der Waals surface area contributed by atoms with Crippen LogP contribution in [0.2, 0.25) is 0 Å². The molecule has 0 saturated carbocycles. The number of piperazine rings is 1. The maximum absolute atomic E-state index is 13.4. The lowest BCUT2D eigenvalue weighted by atomic mass is 10.1. The molecule has 1 fully saturated rings. The zero-order valence-electron chi connectivity index (χ0n) is 18.5. The molecule has 1 atom stereocenters. The van der Waals surface area contributed by atoms with Gasteiger partial charge in [0.15, 0.2) is 0 Å². The number of carbonyl (C=O) groups is 3. The molecule has 1 aromatic rings. The summed E-state index contributed by atoms with van der Waals surface area (Å²) in [7, 11) is 3.04. The Bertz CT molecular complexity index is 913. The Balaban J connectivity index is 2.61. The van der Waals surface area contributed by atoms with E-state index in [0.29, 0.717) is 31.9 Å². The third-order valence-electron chi connectivity index (χ3n) is 5.06. The Labute approximate surface area is 191 Å². The quantitative estimate of drug-likeness (QED) is 0.338. The molecule has 34 heavy (non-hydrogen) atoms. The number of ether oxygens (including phenoxy) is 2. The van der Waals surface area contributed by atoms with Crippen LogP contribution in [0.25, 0.3) is 0 Å². The number of rotatable bonds is 6. The maximum Gasteiger partial charge on any atom is 0.491 e. The minimum Gasteiger partial charge on any atom is -0.383 e. The van der Waals surface area contributed by atoms with Crippen LogP contribution in [0, 0.1) is 0 Å². The number of nitrogens with zero attached hydrogens (tertiary/aromatic N) is 3. The average molecular weight is 499 g/mol. The van der Waals surface area contributed by atoms with E-state index in [-0.39, 0.29) is 4.90 Å². The minimum absolute atomic E-state index is 0.206. The van der Waals surface area contributed by atoms with Crippen LogP contribution in [0.3, 0.4) is 0 Å². The summed E-state index contributed by atoms with van der Waals surface area (Å²) in [6.07, 6.45) is -10.9. The molecule has 0 aromatic heterocycles. The fourth-order valence-electron chi connectivity index (χ4n) is 3.35.